The minimum atomic E-state index is -0.359. The SMILES string of the molecule is CCCC1(CN)CN(C(=O)NC(C)(C)C)CCO1. The number of nitrogens with zero attached hydrogens (tertiary/aromatic N) is 1. The summed E-state index contributed by atoms with van der Waals surface area (Å²) >= 11 is 0. The second-order valence-corrected chi connectivity index (χ2v) is 6.09. The molecule has 0 aliphatic carbocycles. The molecule has 1 aliphatic heterocycles. The van der Waals surface area contributed by atoms with Crippen molar-refractivity contribution >= 4 is 6.03 Å². The van der Waals surface area contributed by atoms with Crippen molar-refractivity contribution in [2.45, 2.75) is 51.7 Å². The van der Waals surface area contributed by atoms with Crippen LogP contribution in [-0.2, 0) is 4.74 Å². The highest BCUT2D eigenvalue weighted by molar-refractivity contribution is 5.75. The number of amides is 2. The second-order valence-electron chi connectivity index (χ2n) is 6.09. The molecule has 0 aromatic carbocycles. The summed E-state index contributed by atoms with van der Waals surface area (Å²) in [6.07, 6.45) is 1.90. The maximum atomic E-state index is 12.1. The number of nitrogens with two attached hydrogens (primary N) is 1. The lowest BCUT2D eigenvalue weighted by Gasteiger charge is -2.42. The van der Waals surface area contributed by atoms with Gasteiger partial charge in [0.25, 0.3) is 0 Å². The summed E-state index contributed by atoms with van der Waals surface area (Å²) in [6.45, 7) is 10.3. The van der Waals surface area contributed by atoms with E-state index in [-0.39, 0.29) is 17.2 Å². The molecule has 0 spiro atoms. The van der Waals surface area contributed by atoms with E-state index in [4.69, 9.17) is 10.5 Å². The van der Waals surface area contributed by atoms with E-state index in [0.717, 1.165) is 12.8 Å². The van der Waals surface area contributed by atoms with E-state index >= 15 is 0 Å². The van der Waals surface area contributed by atoms with Crippen LogP contribution in [0.15, 0.2) is 0 Å². The third-order valence-corrected chi connectivity index (χ3v) is 3.10. The van der Waals surface area contributed by atoms with Crippen molar-refractivity contribution in [3.05, 3.63) is 0 Å². The van der Waals surface area contributed by atoms with Gasteiger partial charge in [-0.2, -0.15) is 0 Å². The summed E-state index contributed by atoms with van der Waals surface area (Å²) in [5, 5.41) is 2.98. The lowest BCUT2D eigenvalue weighted by atomic mass is 9.96. The molecule has 1 fully saturated rings. The maximum absolute atomic E-state index is 12.1. The van der Waals surface area contributed by atoms with Crippen molar-refractivity contribution in [2.75, 3.05) is 26.2 Å². The fraction of sp³-hybridized carbons (Fsp3) is 0.923. The Morgan fingerprint density at radius 1 is 1.50 bits per heavy atom. The van der Waals surface area contributed by atoms with E-state index in [0.29, 0.717) is 26.2 Å². The molecule has 5 heteroatoms. The molecule has 106 valence electrons. The minimum Gasteiger partial charge on any atom is -0.370 e. The van der Waals surface area contributed by atoms with Gasteiger partial charge in [-0.3, -0.25) is 0 Å². The number of hydrogen-bond acceptors (Lipinski definition) is 3. The number of nitrogens with one attached hydrogen (secondary N) is 1. The van der Waals surface area contributed by atoms with E-state index in [1.54, 1.807) is 0 Å². The normalized spacial score (nSPS) is 25.1. The standard InChI is InChI=1S/C13H27N3O2/c1-5-6-13(9-14)10-16(7-8-18-13)11(17)15-12(2,3)4/h5-10,14H2,1-4H3,(H,15,17). The monoisotopic (exact) mass is 257 g/mol. The smallest absolute Gasteiger partial charge is 0.317 e. The van der Waals surface area contributed by atoms with Gasteiger partial charge in [-0.1, -0.05) is 13.3 Å². The predicted molar refractivity (Wildman–Crippen MR) is 72.5 cm³/mol. The van der Waals surface area contributed by atoms with Crippen LogP contribution in [0.4, 0.5) is 4.79 Å². The van der Waals surface area contributed by atoms with Gasteiger partial charge in [-0.05, 0) is 27.2 Å². The number of rotatable bonds is 3. The molecular weight excluding hydrogens is 230 g/mol. The van der Waals surface area contributed by atoms with Crippen molar-refractivity contribution in [1.29, 1.82) is 0 Å². The fourth-order valence-corrected chi connectivity index (χ4v) is 2.25. The Bertz CT molecular complexity index is 284. The minimum absolute atomic E-state index is 0.0280. The summed E-state index contributed by atoms with van der Waals surface area (Å²) in [5.41, 5.74) is 5.25. The van der Waals surface area contributed by atoms with Crippen LogP contribution in [0.5, 0.6) is 0 Å². The molecule has 5 nitrogen and oxygen atoms in total. The Hall–Kier alpha value is -0.810. The molecule has 2 amide bonds. The molecule has 0 aromatic heterocycles. The molecule has 0 radical (unpaired) electrons. The van der Waals surface area contributed by atoms with Crippen LogP contribution >= 0.6 is 0 Å². The number of carbonyl (C=O) groups excluding carboxylic acids is 1. The number of morpholine rings is 1. The molecule has 1 rings (SSSR count). The highest BCUT2D eigenvalue weighted by Crippen LogP contribution is 2.22. The van der Waals surface area contributed by atoms with Crippen LogP contribution < -0.4 is 11.1 Å². The first-order chi connectivity index (χ1) is 8.32. The van der Waals surface area contributed by atoms with Gasteiger partial charge >= 0.3 is 6.03 Å². The van der Waals surface area contributed by atoms with Crippen LogP contribution in [0.1, 0.15) is 40.5 Å². The zero-order valence-corrected chi connectivity index (χ0v) is 12.1. The molecule has 0 bridgehead atoms. The summed E-state index contributed by atoms with van der Waals surface area (Å²) in [5.74, 6) is 0. The first-order valence-electron chi connectivity index (χ1n) is 6.73. The van der Waals surface area contributed by atoms with E-state index in [9.17, 15) is 4.79 Å². The second kappa shape index (κ2) is 5.89. The first-order valence-corrected chi connectivity index (χ1v) is 6.73. The average molecular weight is 257 g/mol. The lowest BCUT2D eigenvalue weighted by molar-refractivity contribution is -0.0963. The van der Waals surface area contributed by atoms with Gasteiger partial charge in [-0.25, -0.2) is 4.79 Å². The largest absolute Gasteiger partial charge is 0.370 e. The maximum Gasteiger partial charge on any atom is 0.317 e. The molecule has 1 saturated heterocycles. The van der Waals surface area contributed by atoms with E-state index in [2.05, 4.69) is 12.2 Å². The van der Waals surface area contributed by atoms with Crippen molar-refractivity contribution < 1.29 is 9.53 Å². The Balaban J connectivity index is 2.65. The highest BCUT2D eigenvalue weighted by Gasteiger charge is 2.37. The summed E-state index contributed by atoms with van der Waals surface area (Å²) in [7, 11) is 0. The number of carbonyl (C=O) groups is 1. The average Bonchev–Trinajstić information content (AvgIpc) is 2.27. The summed E-state index contributed by atoms with van der Waals surface area (Å²) in [6, 6.07) is -0.0280. The van der Waals surface area contributed by atoms with Gasteiger partial charge in [0.2, 0.25) is 0 Å². The van der Waals surface area contributed by atoms with Crippen LogP contribution in [0, 0.1) is 0 Å². The molecule has 0 aromatic rings. The van der Waals surface area contributed by atoms with Gasteiger partial charge in [0, 0.05) is 18.6 Å². The van der Waals surface area contributed by atoms with Crippen molar-refractivity contribution in [3.8, 4) is 0 Å². The van der Waals surface area contributed by atoms with Gasteiger partial charge < -0.3 is 20.7 Å². The Labute approximate surface area is 110 Å². The summed E-state index contributed by atoms with van der Waals surface area (Å²) in [4.78, 5) is 14.0. The predicted octanol–water partition coefficient (Wildman–Crippen LogP) is 1.32. The molecule has 1 heterocycles. The van der Waals surface area contributed by atoms with Crippen LogP contribution in [0.25, 0.3) is 0 Å². The highest BCUT2D eigenvalue weighted by atomic mass is 16.5. The van der Waals surface area contributed by atoms with Crippen LogP contribution in [0.3, 0.4) is 0 Å². The zero-order chi connectivity index (χ0) is 13.8. The van der Waals surface area contributed by atoms with E-state index < -0.39 is 0 Å². The Morgan fingerprint density at radius 3 is 2.67 bits per heavy atom. The Morgan fingerprint density at radius 2 is 2.17 bits per heavy atom. The number of ether oxygens (including phenoxy) is 1. The topological polar surface area (TPSA) is 67.6 Å². The Kier molecular flexibility index (Phi) is 4.99. The van der Waals surface area contributed by atoms with Gasteiger partial charge in [0.15, 0.2) is 0 Å². The third-order valence-electron chi connectivity index (χ3n) is 3.10. The first kappa shape index (κ1) is 15.2. The van der Waals surface area contributed by atoms with E-state index in [1.807, 2.05) is 25.7 Å². The molecule has 3 N–H and O–H groups in total. The van der Waals surface area contributed by atoms with Crippen molar-refractivity contribution in [2.24, 2.45) is 5.73 Å². The fourth-order valence-electron chi connectivity index (χ4n) is 2.25. The number of hydrogen-bond donors (Lipinski definition) is 2. The molecule has 0 saturated carbocycles. The summed E-state index contributed by atoms with van der Waals surface area (Å²) < 4.78 is 5.82. The van der Waals surface area contributed by atoms with Crippen molar-refractivity contribution in [3.63, 3.8) is 0 Å². The molecule has 1 aliphatic rings. The third kappa shape index (κ3) is 4.14. The molecule has 1 atom stereocenters. The van der Waals surface area contributed by atoms with Gasteiger partial charge in [0.05, 0.1) is 18.8 Å². The van der Waals surface area contributed by atoms with Gasteiger partial charge in [0.1, 0.15) is 0 Å². The molecule has 18 heavy (non-hydrogen) atoms. The van der Waals surface area contributed by atoms with Crippen LogP contribution in [-0.4, -0.2) is 48.3 Å². The lowest BCUT2D eigenvalue weighted by Crippen LogP contribution is -2.60. The van der Waals surface area contributed by atoms with Crippen LogP contribution in [0.2, 0.25) is 0 Å². The zero-order valence-electron chi connectivity index (χ0n) is 12.1. The van der Waals surface area contributed by atoms with Crippen molar-refractivity contribution in [1.82, 2.24) is 10.2 Å². The quantitative estimate of drug-likeness (QED) is 0.801. The number of urea groups is 1. The molecular formula is C13H27N3O2. The molecule has 1 unspecified atom stereocenters. The van der Waals surface area contributed by atoms with E-state index in [1.165, 1.54) is 0 Å². The van der Waals surface area contributed by atoms with Gasteiger partial charge in [-0.15, -0.1) is 0 Å².